The number of hydrogen-bond acceptors (Lipinski definition) is 3. The Morgan fingerprint density at radius 3 is 2.65 bits per heavy atom. The summed E-state index contributed by atoms with van der Waals surface area (Å²) in [6, 6.07) is 4.96. The summed E-state index contributed by atoms with van der Waals surface area (Å²) in [4.78, 5) is 11.0. The fourth-order valence-electron chi connectivity index (χ4n) is 1.66. The van der Waals surface area contributed by atoms with E-state index in [1.807, 2.05) is 6.92 Å². The molecule has 3 N–H and O–H groups in total. The van der Waals surface area contributed by atoms with Crippen molar-refractivity contribution >= 4 is 27.6 Å². The Morgan fingerprint density at radius 1 is 1.47 bits per heavy atom. The van der Waals surface area contributed by atoms with Gasteiger partial charge >= 0.3 is 5.97 Å². The van der Waals surface area contributed by atoms with Crippen LogP contribution in [0.5, 0.6) is 0 Å². The van der Waals surface area contributed by atoms with Crippen LogP contribution >= 0.6 is 15.9 Å². The monoisotopic (exact) mass is 301 g/mol. The molecule has 2 atom stereocenters. The molecule has 0 amide bonds. The molecule has 0 spiro atoms. The molecule has 1 aromatic rings. The molecule has 5 heteroatoms. The minimum absolute atomic E-state index is 0.00222. The maximum absolute atomic E-state index is 11.0. The lowest BCUT2D eigenvalue weighted by Gasteiger charge is -2.18. The van der Waals surface area contributed by atoms with Crippen LogP contribution in [0.4, 0.5) is 5.69 Å². The Bertz CT molecular complexity index is 407. The summed E-state index contributed by atoms with van der Waals surface area (Å²) in [6.45, 7) is 3.61. The van der Waals surface area contributed by atoms with Crippen molar-refractivity contribution in [3.63, 3.8) is 0 Å². The van der Waals surface area contributed by atoms with Gasteiger partial charge in [-0.1, -0.05) is 15.9 Å². The predicted molar refractivity (Wildman–Crippen MR) is 70.5 cm³/mol. The lowest BCUT2D eigenvalue weighted by Crippen LogP contribution is -2.22. The van der Waals surface area contributed by atoms with Crippen LogP contribution in [0, 0.1) is 0 Å². The molecule has 17 heavy (non-hydrogen) atoms. The number of halogens is 1. The van der Waals surface area contributed by atoms with E-state index in [1.54, 1.807) is 25.1 Å². The minimum atomic E-state index is -0.968. The highest BCUT2D eigenvalue weighted by molar-refractivity contribution is 9.10. The first-order valence-electron chi connectivity index (χ1n) is 5.37. The van der Waals surface area contributed by atoms with Crippen molar-refractivity contribution in [3.05, 3.63) is 28.2 Å². The second kappa shape index (κ2) is 6.02. The number of aromatic carboxylic acids is 1. The van der Waals surface area contributed by atoms with Crippen molar-refractivity contribution in [2.45, 2.75) is 32.4 Å². The summed E-state index contributed by atoms with van der Waals surface area (Å²) in [5.41, 5.74) is 0.783. The van der Waals surface area contributed by atoms with Crippen molar-refractivity contribution in [1.29, 1.82) is 0 Å². The number of anilines is 1. The number of rotatable bonds is 5. The minimum Gasteiger partial charge on any atom is -0.478 e. The van der Waals surface area contributed by atoms with Gasteiger partial charge in [-0.25, -0.2) is 4.79 Å². The van der Waals surface area contributed by atoms with E-state index in [0.29, 0.717) is 12.1 Å². The van der Waals surface area contributed by atoms with Gasteiger partial charge in [0.05, 0.1) is 17.4 Å². The first-order chi connectivity index (χ1) is 7.90. The third-order valence-electron chi connectivity index (χ3n) is 2.31. The highest BCUT2D eigenvalue weighted by Gasteiger charge is 2.13. The van der Waals surface area contributed by atoms with E-state index in [4.69, 9.17) is 5.11 Å². The summed E-state index contributed by atoms with van der Waals surface area (Å²) in [6.07, 6.45) is 0.143. The smallest absolute Gasteiger partial charge is 0.337 e. The average molecular weight is 302 g/mol. The largest absolute Gasteiger partial charge is 0.478 e. The molecule has 1 aromatic carbocycles. The number of nitrogens with one attached hydrogen (secondary N) is 1. The molecule has 0 aliphatic carbocycles. The maximum atomic E-state index is 11.0. The van der Waals surface area contributed by atoms with Crippen LogP contribution in [0.1, 0.15) is 30.6 Å². The van der Waals surface area contributed by atoms with Crippen LogP contribution in [0.25, 0.3) is 0 Å². The zero-order valence-corrected chi connectivity index (χ0v) is 11.4. The van der Waals surface area contributed by atoms with Gasteiger partial charge in [0.25, 0.3) is 0 Å². The van der Waals surface area contributed by atoms with Gasteiger partial charge in [-0.05, 0) is 38.5 Å². The standard InChI is InChI=1S/C12H16BrNO3/c1-7(5-8(2)15)14-11-6-9(13)3-4-10(11)12(16)17/h3-4,6-8,14-15H,5H2,1-2H3,(H,16,17). The summed E-state index contributed by atoms with van der Waals surface area (Å²) >= 11 is 3.30. The quantitative estimate of drug-likeness (QED) is 0.782. The number of benzene rings is 1. The van der Waals surface area contributed by atoms with E-state index in [-0.39, 0.29) is 11.6 Å². The molecule has 1 rings (SSSR count). The summed E-state index contributed by atoms with van der Waals surface area (Å²) in [7, 11) is 0. The lowest BCUT2D eigenvalue weighted by atomic mass is 10.1. The SMILES string of the molecule is CC(O)CC(C)Nc1cc(Br)ccc1C(=O)O. The van der Waals surface area contributed by atoms with Crippen molar-refractivity contribution in [1.82, 2.24) is 0 Å². The number of aliphatic hydroxyl groups excluding tert-OH is 1. The first kappa shape index (κ1) is 14.0. The van der Waals surface area contributed by atoms with Crippen molar-refractivity contribution in [2.75, 3.05) is 5.32 Å². The molecule has 0 saturated heterocycles. The van der Waals surface area contributed by atoms with E-state index < -0.39 is 12.1 Å². The zero-order valence-electron chi connectivity index (χ0n) is 9.77. The normalized spacial score (nSPS) is 14.1. The van der Waals surface area contributed by atoms with Crippen LogP contribution in [-0.2, 0) is 0 Å². The van der Waals surface area contributed by atoms with Gasteiger partial charge in [-0.2, -0.15) is 0 Å². The number of carboxylic acid groups (broad SMARTS) is 1. The lowest BCUT2D eigenvalue weighted by molar-refractivity contribution is 0.0698. The Kier molecular flexibility index (Phi) is 4.96. The fraction of sp³-hybridized carbons (Fsp3) is 0.417. The number of hydrogen-bond donors (Lipinski definition) is 3. The molecule has 0 aliphatic heterocycles. The van der Waals surface area contributed by atoms with E-state index >= 15 is 0 Å². The average Bonchev–Trinajstić information content (AvgIpc) is 2.15. The molecule has 0 bridgehead atoms. The Balaban J connectivity index is 2.88. The Morgan fingerprint density at radius 2 is 2.12 bits per heavy atom. The molecule has 0 saturated carbocycles. The maximum Gasteiger partial charge on any atom is 0.337 e. The molecule has 94 valence electrons. The van der Waals surface area contributed by atoms with Crippen molar-refractivity contribution < 1.29 is 15.0 Å². The second-order valence-corrected chi connectivity index (χ2v) is 5.04. The zero-order chi connectivity index (χ0) is 13.0. The van der Waals surface area contributed by atoms with E-state index in [2.05, 4.69) is 21.2 Å². The van der Waals surface area contributed by atoms with Crippen molar-refractivity contribution in [2.24, 2.45) is 0 Å². The fourth-order valence-corrected chi connectivity index (χ4v) is 2.02. The van der Waals surface area contributed by atoms with Gasteiger partial charge in [-0.3, -0.25) is 0 Å². The molecule has 2 unspecified atom stereocenters. The third kappa shape index (κ3) is 4.36. The molecule has 0 heterocycles. The third-order valence-corrected chi connectivity index (χ3v) is 2.80. The first-order valence-corrected chi connectivity index (χ1v) is 6.17. The van der Waals surface area contributed by atoms with Crippen molar-refractivity contribution in [3.8, 4) is 0 Å². The molecular weight excluding hydrogens is 286 g/mol. The van der Waals surface area contributed by atoms with Crippen LogP contribution < -0.4 is 5.32 Å². The molecule has 0 aliphatic rings. The predicted octanol–water partition coefficient (Wildman–Crippen LogP) is 2.72. The highest BCUT2D eigenvalue weighted by Crippen LogP contribution is 2.22. The van der Waals surface area contributed by atoms with Crippen LogP contribution in [0.2, 0.25) is 0 Å². The Labute approximate surface area is 109 Å². The second-order valence-electron chi connectivity index (χ2n) is 4.13. The summed E-state index contributed by atoms with van der Waals surface area (Å²) in [5.74, 6) is -0.968. The Hall–Kier alpha value is -1.07. The molecular formula is C12H16BrNO3. The van der Waals surface area contributed by atoms with Gasteiger partial charge in [0.1, 0.15) is 0 Å². The van der Waals surface area contributed by atoms with Gasteiger partial charge in [0, 0.05) is 10.5 Å². The topological polar surface area (TPSA) is 69.6 Å². The summed E-state index contributed by atoms with van der Waals surface area (Å²) in [5, 5.41) is 21.4. The molecule has 0 fully saturated rings. The number of carbonyl (C=O) groups is 1. The van der Waals surface area contributed by atoms with Crippen LogP contribution in [-0.4, -0.2) is 28.3 Å². The van der Waals surface area contributed by atoms with Gasteiger partial charge in [0.15, 0.2) is 0 Å². The van der Waals surface area contributed by atoms with Crippen LogP contribution in [0.3, 0.4) is 0 Å². The van der Waals surface area contributed by atoms with E-state index in [1.165, 1.54) is 0 Å². The number of aliphatic hydroxyl groups is 1. The van der Waals surface area contributed by atoms with Crippen LogP contribution in [0.15, 0.2) is 22.7 Å². The van der Waals surface area contributed by atoms with Gasteiger partial charge < -0.3 is 15.5 Å². The highest BCUT2D eigenvalue weighted by atomic mass is 79.9. The van der Waals surface area contributed by atoms with Gasteiger partial charge in [0.2, 0.25) is 0 Å². The summed E-state index contributed by atoms with van der Waals surface area (Å²) < 4.78 is 0.814. The van der Waals surface area contributed by atoms with Gasteiger partial charge in [-0.15, -0.1) is 0 Å². The number of carboxylic acids is 1. The molecule has 0 radical (unpaired) electrons. The van der Waals surface area contributed by atoms with E-state index in [9.17, 15) is 9.90 Å². The molecule has 4 nitrogen and oxygen atoms in total. The van der Waals surface area contributed by atoms with E-state index in [0.717, 1.165) is 4.47 Å². The molecule has 0 aromatic heterocycles.